The Morgan fingerprint density at radius 3 is 2.65 bits per heavy atom. The second-order valence-corrected chi connectivity index (χ2v) is 5.69. The molecule has 0 saturated carbocycles. The van der Waals surface area contributed by atoms with Gasteiger partial charge in [0.05, 0.1) is 12.7 Å². The lowest BCUT2D eigenvalue weighted by Crippen LogP contribution is -2.16. The van der Waals surface area contributed by atoms with Crippen LogP contribution in [0.1, 0.15) is 51.7 Å². The summed E-state index contributed by atoms with van der Waals surface area (Å²) in [4.78, 5) is 0. The van der Waals surface area contributed by atoms with Gasteiger partial charge in [0.25, 0.3) is 0 Å². The molecule has 0 radical (unpaired) electrons. The van der Waals surface area contributed by atoms with Crippen LogP contribution in [0.2, 0.25) is 0 Å². The van der Waals surface area contributed by atoms with E-state index in [2.05, 4.69) is 20.8 Å². The third-order valence-corrected chi connectivity index (χ3v) is 4.05. The SMILES string of the molecule is CCC(C)C(C)COc1cccc(C(O)CCCN)c1. The van der Waals surface area contributed by atoms with Gasteiger partial charge in [0.2, 0.25) is 0 Å². The average Bonchev–Trinajstić information content (AvgIpc) is 2.49. The van der Waals surface area contributed by atoms with Crippen LogP contribution in [0.15, 0.2) is 24.3 Å². The summed E-state index contributed by atoms with van der Waals surface area (Å²) >= 11 is 0. The van der Waals surface area contributed by atoms with Gasteiger partial charge in [0, 0.05) is 0 Å². The average molecular weight is 279 g/mol. The van der Waals surface area contributed by atoms with Crippen LogP contribution in [0.4, 0.5) is 0 Å². The molecule has 3 N–H and O–H groups in total. The first kappa shape index (κ1) is 17.0. The number of nitrogens with two attached hydrogens (primary N) is 1. The minimum atomic E-state index is -0.450. The Balaban J connectivity index is 2.55. The fourth-order valence-corrected chi connectivity index (χ4v) is 2.08. The zero-order chi connectivity index (χ0) is 15.0. The van der Waals surface area contributed by atoms with E-state index < -0.39 is 6.10 Å². The van der Waals surface area contributed by atoms with Crippen molar-refractivity contribution in [2.45, 2.75) is 46.1 Å². The van der Waals surface area contributed by atoms with E-state index in [0.29, 0.717) is 24.8 Å². The maximum Gasteiger partial charge on any atom is 0.119 e. The van der Waals surface area contributed by atoms with E-state index in [1.165, 1.54) is 6.42 Å². The van der Waals surface area contributed by atoms with Crippen molar-refractivity contribution in [3.05, 3.63) is 29.8 Å². The summed E-state index contributed by atoms with van der Waals surface area (Å²) in [5.41, 5.74) is 6.38. The second kappa shape index (κ2) is 8.98. The highest BCUT2D eigenvalue weighted by atomic mass is 16.5. The number of rotatable bonds is 9. The fourth-order valence-electron chi connectivity index (χ4n) is 2.08. The molecule has 0 amide bonds. The van der Waals surface area contributed by atoms with Crippen molar-refractivity contribution in [2.24, 2.45) is 17.6 Å². The highest BCUT2D eigenvalue weighted by Crippen LogP contribution is 2.23. The van der Waals surface area contributed by atoms with E-state index in [1.807, 2.05) is 24.3 Å². The molecule has 1 aromatic carbocycles. The van der Waals surface area contributed by atoms with Crippen LogP contribution in [-0.4, -0.2) is 18.3 Å². The number of hydrogen-bond acceptors (Lipinski definition) is 3. The Hall–Kier alpha value is -1.06. The molecule has 0 saturated heterocycles. The van der Waals surface area contributed by atoms with E-state index in [0.717, 1.165) is 24.3 Å². The van der Waals surface area contributed by atoms with Crippen LogP contribution >= 0.6 is 0 Å². The van der Waals surface area contributed by atoms with Crippen LogP contribution < -0.4 is 10.5 Å². The molecular weight excluding hydrogens is 250 g/mol. The summed E-state index contributed by atoms with van der Waals surface area (Å²) < 4.78 is 5.85. The van der Waals surface area contributed by atoms with Crippen molar-refractivity contribution in [3.63, 3.8) is 0 Å². The Labute approximate surface area is 123 Å². The molecule has 0 bridgehead atoms. The monoisotopic (exact) mass is 279 g/mol. The van der Waals surface area contributed by atoms with Gasteiger partial charge in [-0.05, 0) is 48.9 Å². The molecular formula is C17H29NO2. The molecule has 0 aliphatic carbocycles. The van der Waals surface area contributed by atoms with Gasteiger partial charge in [-0.2, -0.15) is 0 Å². The lowest BCUT2D eigenvalue weighted by atomic mass is 9.94. The van der Waals surface area contributed by atoms with Gasteiger partial charge < -0.3 is 15.6 Å². The van der Waals surface area contributed by atoms with Crippen LogP contribution in [0.25, 0.3) is 0 Å². The van der Waals surface area contributed by atoms with Crippen LogP contribution in [0, 0.1) is 11.8 Å². The molecule has 3 atom stereocenters. The third-order valence-electron chi connectivity index (χ3n) is 4.05. The third kappa shape index (κ3) is 5.51. The minimum absolute atomic E-state index is 0.450. The first-order valence-electron chi connectivity index (χ1n) is 7.69. The summed E-state index contributed by atoms with van der Waals surface area (Å²) in [5, 5.41) is 10.1. The largest absolute Gasteiger partial charge is 0.493 e. The predicted molar refractivity (Wildman–Crippen MR) is 83.8 cm³/mol. The van der Waals surface area contributed by atoms with Crippen LogP contribution in [0.3, 0.4) is 0 Å². The first-order valence-corrected chi connectivity index (χ1v) is 7.69. The lowest BCUT2D eigenvalue weighted by molar-refractivity contribution is 0.164. The topological polar surface area (TPSA) is 55.5 Å². The van der Waals surface area contributed by atoms with Crippen LogP contribution in [0.5, 0.6) is 5.75 Å². The molecule has 1 rings (SSSR count). The second-order valence-electron chi connectivity index (χ2n) is 5.69. The minimum Gasteiger partial charge on any atom is -0.493 e. The molecule has 0 aliphatic rings. The van der Waals surface area contributed by atoms with E-state index in [1.54, 1.807) is 0 Å². The zero-order valence-corrected chi connectivity index (χ0v) is 13.0. The normalized spacial score (nSPS) is 15.7. The summed E-state index contributed by atoms with van der Waals surface area (Å²) in [6.45, 7) is 8.00. The Morgan fingerprint density at radius 2 is 2.00 bits per heavy atom. The summed E-state index contributed by atoms with van der Waals surface area (Å²) in [7, 11) is 0. The number of aliphatic hydroxyl groups is 1. The quantitative estimate of drug-likeness (QED) is 0.727. The zero-order valence-electron chi connectivity index (χ0n) is 13.0. The number of ether oxygens (including phenoxy) is 1. The standard InChI is InChI=1S/C17H29NO2/c1-4-13(2)14(3)12-20-16-8-5-7-15(11-16)17(19)9-6-10-18/h5,7-8,11,13-14,17,19H,4,6,9-10,12,18H2,1-3H3. The van der Waals surface area contributed by atoms with Crippen molar-refractivity contribution < 1.29 is 9.84 Å². The molecule has 3 nitrogen and oxygen atoms in total. The van der Waals surface area contributed by atoms with Gasteiger partial charge >= 0.3 is 0 Å². The van der Waals surface area contributed by atoms with E-state index in [-0.39, 0.29) is 0 Å². The molecule has 0 fully saturated rings. The van der Waals surface area contributed by atoms with Crippen molar-refractivity contribution >= 4 is 0 Å². The van der Waals surface area contributed by atoms with Crippen molar-refractivity contribution in [1.29, 1.82) is 0 Å². The molecule has 0 heterocycles. The van der Waals surface area contributed by atoms with Gasteiger partial charge in [-0.15, -0.1) is 0 Å². The van der Waals surface area contributed by atoms with Crippen molar-refractivity contribution in [3.8, 4) is 5.75 Å². The molecule has 114 valence electrons. The van der Waals surface area contributed by atoms with Gasteiger partial charge in [0.15, 0.2) is 0 Å². The molecule has 1 aromatic rings. The maximum atomic E-state index is 10.1. The highest BCUT2D eigenvalue weighted by Gasteiger charge is 2.12. The summed E-state index contributed by atoms with van der Waals surface area (Å²) in [5.74, 6) is 2.03. The Bertz CT molecular complexity index is 381. The van der Waals surface area contributed by atoms with E-state index in [4.69, 9.17) is 10.5 Å². The summed E-state index contributed by atoms with van der Waals surface area (Å²) in [6.07, 6.45) is 2.25. The Morgan fingerprint density at radius 1 is 1.25 bits per heavy atom. The van der Waals surface area contributed by atoms with Crippen LogP contribution in [-0.2, 0) is 0 Å². The van der Waals surface area contributed by atoms with Gasteiger partial charge in [0.1, 0.15) is 5.75 Å². The first-order chi connectivity index (χ1) is 9.58. The van der Waals surface area contributed by atoms with Crippen molar-refractivity contribution in [1.82, 2.24) is 0 Å². The molecule has 0 aromatic heterocycles. The van der Waals surface area contributed by atoms with Gasteiger partial charge in [-0.25, -0.2) is 0 Å². The van der Waals surface area contributed by atoms with E-state index in [9.17, 15) is 5.11 Å². The molecule has 3 unspecified atom stereocenters. The molecule has 20 heavy (non-hydrogen) atoms. The molecule has 0 spiro atoms. The number of benzene rings is 1. The smallest absolute Gasteiger partial charge is 0.119 e. The van der Waals surface area contributed by atoms with Gasteiger partial charge in [-0.1, -0.05) is 39.3 Å². The lowest BCUT2D eigenvalue weighted by Gasteiger charge is -2.19. The van der Waals surface area contributed by atoms with Gasteiger partial charge in [-0.3, -0.25) is 0 Å². The van der Waals surface area contributed by atoms with Crippen molar-refractivity contribution in [2.75, 3.05) is 13.2 Å². The summed E-state index contributed by atoms with van der Waals surface area (Å²) in [6, 6.07) is 7.75. The van der Waals surface area contributed by atoms with E-state index >= 15 is 0 Å². The molecule has 0 aliphatic heterocycles. The molecule has 3 heteroatoms. The number of aliphatic hydroxyl groups excluding tert-OH is 1. The maximum absolute atomic E-state index is 10.1. The highest BCUT2D eigenvalue weighted by molar-refractivity contribution is 5.29. The predicted octanol–water partition coefficient (Wildman–Crippen LogP) is 3.52. The number of hydrogen-bond donors (Lipinski definition) is 2. The Kier molecular flexibility index (Phi) is 7.63. The fraction of sp³-hybridized carbons (Fsp3) is 0.647.